The second-order valence-electron chi connectivity index (χ2n) is 7.22. The number of carbonyl (C=O) groups excluding carboxylic acids is 1. The lowest BCUT2D eigenvalue weighted by atomic mass is 10.0. The first-order chi connectivity index (χ1) is 13.6. The van der Waals surface area contributed by atoms with Gasteiger partial charge >= 0.3 is 0 Å². The third kappa shape index (κ3) is 4.15. The maximum atomic E-state index is 13.0. The number of nitro groups is 1. The Bertz CT molecular complexity index is 1070. The number of amides is 1. The predicted octanol–water partition coefficient (Wildman–Crippen LogP) is 2.67. The van der Waals surface area contributed by atoms with Crippen LogP contribution in [0.15, 0.2) is 41.3 Å². The van der Waals surface area contributed by atoms with E-state index in [0.29, 0.717) is 11.1 Å². The van der Waals surface area contributed by atoms with Crippen molar-refractivity contribution in [3.05, 3.63) is 68.8 Å². The van der Waals surface area contributed by atoms with Crippen molar-refractivity contribution in [2.45, 2.75) is 25.7 Å². The molecule has 8 nitrogen and oxygen atoms in total. The SMILES string of the molecule is Cc1ccc(C)c(C(=O)N2CCN(S(=O)(=O)c3cc([N+](=O)[O-])ccc3C)CC2)c1. The first kappa shape index (κ1) is 20.9. The van der Waals surface area contributed by atoms with Crippen LogP contribution in [-0.2, 0) is 10.0 Å². The van der Waals surface area contributed by atoms with Crippen LogP contribution in [0.1, 0.15) is 27.0 Å². The van der Waals surface area contributed by atoms with E-state index in [1.807, 2.05) is 32.0 Å². The Kier molecular flexibility index (Phi) is 5.72. The summed E-state index contributed by atoms with van der Waals surface area (Å²) < 4.78 is 27.3. The Labute approximate surface area is 169 Å². The van der Waals surface area contributed by atoms with E-state index < -0.39 is 14.9 Å². The van der Waals surface area contributed by atoms with Crippen molar-refractivity contribution in [1.82, 2.24) is 9.21 Å². The number of hydrogen-bond donors (Lipinski definition) is 0. The number of piperazine rings is 1. The molecule has 3 rings (SSSR count). The van der Waals surface area contributed by atoms with Crippen LogP contribution in [0.4, 0.5) is 5.69 Å². The summed E-state index contributed by atoms with van der Waals surface area (Å²) in [4.78, 5) is 24.8. The van der Waals surface area contributed by atoms with Gasteiger partial charge in [0.25, 0.3) is 11.6 Å². The molecule has 1 amide bonds. The summed E-state index contributed by atoms with van der Waals surface area (Å²) in [5.41, 5.74) is 2.67. The highest BCUT2D eigenvalue weighted by molar-refractivity contribution is 7.89. The summed E-state index contributed by atoms with van der Waals surface area (Å²) in [5.74, 6) is -0.116. The zero-order chi connectivity index (χ0) is 21.3. The Morgan fingerprint density at radius 2 is 1.59 bits per heavy atom. The van der Waals surface area contributed by atoms with Crippen LogP contribution < -0.4 is 0 Å². The smallest absolute Gasteiger partial charge is 0.270 e. The largest absolute Gasteiger partial charge is 0.336 e. The molecule has 1 fully saturated rings. The Morgan fingerprint density at radius 1 is 0.966 bits per heavy atom. The van der Waals surface area contributed by atoms with Gasteiger partial charge in [-0.3, -0.25) is 14.9 Å². The number of non-ortho nitro benzene ring substituents is 1. The van der Waals surface area contributed by atoms with Crippen molar-refractivity contribution in [2.75, 3.05) is 26.2 Å². The lowest BCUT2D eigenvalue weighted by Gasteiger charge is -2.34. The normalized spacial score (nSPS) is 15.3. The van der Waals surface area contributed by atoms with E-state index in [9.17, 15) is 23.3 Å². The maximum Gasteiger partial charge on any atom is 0.270 e. The molecular formula is C20H23N3O5S. The van der Waals surface area contributed by atoms with Crippen LogP contribution in [0.2, 0.25) is 0 Å². The average Bonchev–Trinajstić information content (AvgIpc) is 2.69. The van der Waals surface area contributed by atoms with Gasteiger partial charge in [0.1, 0.15) is 0 Å². The minimum atomic E-state index is -3.89. The molecule has 0 bridgehead atoms. The number of benzene rings is 2. The molecule has 2 aromatic rings. The van der Waals surface area contributed by atoms with E-state index in [4.69, 9.17) is 0 Å². The van der Waals surface area contributed by atoms with Crippen molar-refractivity contribution >= 4 is 21.6 Å². The molecule has 0 atom stereocenters. The molecule has 1 heterocycles. The highest BCUT2D eigenvalue weighted by Gasteiger charge is 2.32. The lowest BCUT2D eigenvalue weighted by molar-refractivity contribution is -0.385. The van der Waals surface area contributed by atoms with Crippen LogP contribution in [0.5, 0.6) is 0 Å². The van der Waals surface area contributed by atoms with Crippen LogP contribution in [0.25, 0.3) is 0 Å². The highest BCUT2D eigenvalue weighted by Crippen LogP contribution is 2.26. The number of rotatable bonds is 4. The van der Waals surface area contributed by atoms with Gasteiger partial charge in [0.15, 0.2) is 0 Å². The van der Waals surface area contributed by atoms with Crippen molar-refractivity contribution in [3.8, 4) is 0 Å². The van der Waals surface area contributed by atoms with Gasteiger partial charge in [-0.05, 0) is 38.0 Å². The Balaban J connectivity index is 1.78. The fraction of sp³-hybridized carbons (Fsp3) is 0.350. The quantitative estimate of drug-likeness (QED) is 0.562. The molecule has 9 heteroatoms. The summed E-state index contributed by atoms with van der Waals surface area (Å²) in [5, 5.41) is 11.0. The molecule has 29 heavy (non-hydrogen) atoms. The summed E-state index contributed by atoms with van der Waals surface area (Å²) in [6, 6.07) is 9.50. The van der Waals surface area contributed by atoms with E-state index in [1.54, 1.807) is 11.8 Å². The molecule has 1 saturated heterocycles. The standard InChI is InChI=1S/C20H23N3O5S/c1-14-4-5-15(2)18(12-14)20(24)21-8-10-22(11-9-21)29(27,28)19-13-17(23(25)26)7-6-16(19)3/h4-7,12-13H,8-11H2,1-3H3. The summed E-state index contributed by atoms with van der Waals surface area (Å²) in [6.07, 6.45) is 0. The summed E-state index contributed by atoms with van der Waals surface area (Å²) in [6.45, 7) is 6.21. The van der Waals surface area contributed by atoms with Crippen LogP contribution in [-0.4, -0.2) is 54.6 Å². The molecule has 0 unspecified atom stereocenters. The number of sulfonamides is 1. The Morgan fingerprint density at radius 3 is 2.21 bits per heavy atom. The Hall–Kier alpha value is -2.78. The first-order valence-corrected chi connectivity index (χ1v) is 10.7. The third-order valence-corrected chi connectivity index (χ3v) is 7.19. The first-order valence-electron chi connectivity index (χ1n) is 9.23. The molecule has 0 spiro atoms. The molecule has 0 radical (unpaired) electrons. The van der Waals surface area contributed by atoms with Gasteiger partial charge in [0, 0.05) is 43.9 Å². The number of nitrogens with zero attached hydrogens (tertiary/aromatic N) is 3. The molecule has 0 N–H and O–H groups in total. The van der Waals surface area contributed by atoms with E-state index in [0.717, 1.165) is 17.2 Å². The molecular weight excluding hydrogens is 394 g/mol. The molecule has 2 aromatic carbocycles. The molecule has 0 saturated carbocycles. The average molecular weight is 417 g/mol. The minimum Gasteiger partial charge on any atom is -0.336 e. The molecule has 154 valence electrons. The second-order valence-corrected chi connectivity index (χ2v) is 9.13. The maximum absolute atomic E-state index is 13.0. The van der Waals surface area contributed by atoms with E-state index in [2.05, 4.69) is 0 Å². The number of hydrogen-bond acceptors (Lipinski definition) is 5. The number of aryl methyl sites for hydroxylation is 3. The van der Waals surface area contributed by atoms with Gasteiger partial charge in [-0.15, -0.1) is 0 Å². The van der Waals surface area contributed by atoms with E-state index in [-0.39, 0.29) is 42.7 Å². The van der Waals surface area contributed by atoms with Crippen molar-refractivity contribution in [1.29, 1.82) is 0 Å². The number of carbonyl (C=O) groups is 1. The van der Waals surface area contributed by atoms with Gasteiger partial charge in [-0.2, -0.15) is 4.31 Å². The zero-order valence-corrected chi connectivity index (χ0v) is 17.4. The topological polar surface area (TPSA) is 101 Å². The molecule has 1 aliphatic rings. The van der Waals surface area contributed by atoms with Gasteiger partial charge < -0.3 is 4.90 Å². The van der Waals surface area contributed by atoms with E-state index in [1.165, 1.54) is 16.4 Å². The van der Waals surface area contributed by atoms with Gasteiger partial charge in [-0.25, -0.2) is 8.42 Å². The van der Waals surface area contributed by atoms with Crippen molar-refractivity contribution in [3.63, 3.8) is 0 Å². The minimum absolute atomic E-state index is 0.0685. The van der Waals surface area contributed by atoms with Crippen LogP contribution in [0.3, 0.4) is 0 Å². The molecule has 1 aliphatic heterocycles. The molecule has 0 aliphatic carbocycles. The van der Waals surface area contributed by atoms with Gasteiger partial charge in [-0.1, -0.05) is 23.8 Å². The summed E-state index contributed by atoms with van der Waals surface area (Å²) in [7, 11) is -3.89. The monoisotopic (exact) mass is 417 g/mol. The van der Waals surface area contributed by atoms with Crippen molar-refractivity contribution in [2.24, 2.45) is 0 Å². The lowest BCUT2D eigenvalue weighted by Crippen LogP contribution is -2.50. The fourth-order valence-corrected chi connectivity index (χ4v) is 5.05. The second kappa shape index (κ2) is 7.92. The van der Waals surface area contributed by atoms with Crippen LogP contribution >= 0.6 is 0 Å². The predicted molar refractivity (Wildman–Crippen MR) is 108 cm³/mol. The third-order valence-electron chi connectivity index (χ3n) is 5.15. The van der Waals surface area contributed by atoms with Gasteiger partial charge in [0.2, 0.25) is 10.0 Å². The van der Waals surface area contributed by atoms with Crippen LogP contribution in [0, 0.1) is 30.9 Å². The zero-order valence-electron chi connectivity index (χ0n) is 16.6. The van der Waals surface area contributed by atoms with Gasteiger partial charge in [0.05, 0.1) is 9.82 Å². The molecule has 0 aromatic heterocycles. The van der Waals surface area contributed by atoms with E-state index >= 15 is 0 Å². The summed E-state index contributed by atoms with van der Waals surface area (Å²) >= 11 is 0. The number of nitro benzene ring substituents is 1. The fourth-order valence-electron chi connectivity index (χ4n) is 3.39. The van der Waals surface area contributed by atoms with Crippen molar-refractivity contribution < 1.29 is 18.1 Å². The highest BCUT2D eigenvalue weighted by atomic mass is 32.2.